The Hall–Kier alpha value is -3.83. The Labute approximate surface area is 225 Å². The zero-order valence-corrected chi connectivity index (χ0v) is 22.0. The molecule has 0 atom stereocenters. The van der Waals surface area contributed by atoms with Gasteiger partial charge in [-0.05, 0) is 96.3 Å². The summed E-state index contributed by atoms with van der Waals surface area (Å²) in [6.07, 6.45) is 1.39. The van der Waals surface area contributed by atoms with Crippen molar-refractivity contribution in [3.05, 3.63) is 115 Å². The van der Waals surface area contributed by atoms with Gasteiger partial charge in [-0.2, -0.15) is 10.1 Å². The van der Waals surface area contributed by atoms with Gasteiger partial charge in [-0.1, -0.05) is 36.4 Å². The number of para-hydroxylation sites is 2. The van der Waals surface area contributed by atoms with E-state index in [1.165, 1.54) is 20.2 Å². The zero-order chi connectivity index (χ0) is 25.4. The molecule has 0 fully saturated rings. The summed E-state index contributed by atoms with van der Waals surface area (Å²) in [6.45, 7) is 1.69. The summed E-state index contributed by atoms with van der Waals surface area (Å²) in [4.78, 5) is 27.0. The number of hydrogen-bond acceptors (Lipinski definition) is 5. The number of benzene rings is 3. The molecule has 1 aliphatic rings. The molecule has 0 radical (unpaired) electrons. The Morgan fingerprint density at radius 1 is 0.833 bits per heavy atom. The fourth-order valence-corrected chi connectivity index (χ4v) is 4.68. The van der Waals surface area contributed by atoms with Gasteiger partial charge in [-0.15, -0.1) is 0 Å². The van der Waals surface area contributed by atoms with E-state index in [1.807, 2.05) is 36.4 Å². The van der Waals surface area contributed by atoms with Crippen LogP contribution >= 0.6 is 34.8 Å². The van der Waals surface area contributed by atoms with Crippen molar-refractivity contribution in [3.8, 4) is 17.3 Å². The fraction of sp³-hybridized carbons (Fsp3) is 0.0370. The maximum Gasteiger partial charge on any atom is 0.280 e. The number of rotatable bonds is 4. The maximum atomic E-state index is 13.7. The first kappa shape index (κ1) is 23.9. The lowest BCUT2D eigenvalue weighted by atomic mass is 10.1. The molecule has 178 valence electrons. The van der Waals surface area contributed by atoms with Crippen LogP contribution in [-0.4, -0.2) is 25.9 Å². The molecule has 0 spiro atoms. The lowest BCUT2D eigenvalue weighted by molar-refractivity contribution is -0.114. The molecule has 1 aromatic heterocycles. The van der Waals surface area contributed by atoms with Crippen LogP contribution in [0.3, 0.4) is 0 Å². The molecule has 5 rings (SSSR count). The Balaban J connectivity index is 1.73. The molecule has 0 bridgehead atoms. The van der Waals surface area contributed by atoms with E-state index in [0.717, 1.165) is 3.57 Å². The number of anilines is 1. The van der Waals surface area contributed by atoms with E-state index in [1.54, 1.807) is 55.5 Å². The number of carbonyl (C=O) groups excluding carboxylic acids is 1. The van der Waals surface area contributed by atoms with Crippen molar-refractivity contribution in [1.29, 1.82) is 0 Å². The largest absolute Gasteiger partial charge is 0.494 e. The second-order valence-electron chi connectivity index (χ2n) is 8.00. The highest BCUT2D eigenvalue weighted by Crippen LogP contribution is 2.28. The predicted molar refractivity (Wildman–Crippen MR) is 152 cm³/mol. The Morgan fingerprint density at radius 3 is 1.97 bits per heavy atom. The van der Waals surface area contributed by atoms with Crippen LogP contribution in [0.15, 0.2) is 100 Å². The highest BCUT2D eigenvalue weighted by molar-refractivity contribution is 14.1. The maximum absolute atomic E-state index is 13.7. The number of halogens is 1. The number of hydrazone groups is 1. The summed E-state index contributed by atoms with van der Waals surface area (Å²) in [7, 11) is 0. The van der Waals surface area contributed by atoms with Crippen LogP contribution in [0.25, 0.3) is 17.5 Å². The van der Waals surface area contributed by atoms with Gasteiger partial charge in [0.15, 0.2) is 4.77 Å². The molecule has 9 heteroatoms. The number of amides is 1. The molecule has 0 saturated heterocycles. The number of hydrogen-bond donors (Lipinski definition) is 1. The van der Waals surface area contributed by atoms with Crippen molar-refractivity contribution in [2.45, 2.75) is 6.92 Å². The van der Waals surface area contributed by atoms with E-state index < -0.39 is 11.5 Å². The van der Waals surface area contributed by atoms with Crippen molar-refractivity contribution in [1.82, 2.24) is 9.13 Å². The number of carbonyl (C=O) groups is 1. The molecule has 7 nitrogen and oxygen atoms in total. The van der Waals surface area contributed by atoms with Gasteiger partial charge in [0.25, 0.3) is 11.5 Å². The summed E-state index contributed by atoms with van der Waals surface area (Å²) in [6, 6.07) is 25.3. The molecule has 2 heterocycles. The van der Waals surface area contributed by atoms with Crippen molar-refractivity contribution < 1.29 is 9.90 Å². The third-order valence-corrected chi connectivity index (χ3v) is 6.80. The summed E-state index contributed by atoms with van der Waals surface area (Å²) in [5.74, 6) is -0.753. The fourth-order valence-electron chi connectivity index (χ4n) is 3.94. The van der Waals surface area contributed by atoms with Gasteiger partial charge in [-0.25, -0.2) is 0 Å². The molecule has 3 aromatic carbocycles. The van der Waals surface area contributed by atoms with Gasteiger partial charge in [-0.3, -0.25) is 18.7 Å². The van der Waals surface area contributed by atoms with Crippen LogP contribution in [0.2, 0.25) is 0 Å². The number of aromatic nitrogens is 2. The molecular formula is C27H19IN4O3S. The first-order valence-corrected chi connectivity index (χ1v) is 12.4. The van der Waals surface area contributed by atoms with E-state index in [4.69, 9.17) is 12.2 Å². The average Bonchev–Trinajstić information content (AvgIpc) is 3.16. The van der Waals surface area contributed by atoms with Gasteiger partial charge >= 0.3 is 0 Å². The molecule has 4 aromatic rings. The molecule has 0 saturated carbocycles. The first-order chi connectivity index (χ1) is 17.4. The molecule has 1 aliphatic heterocycles. The summed E-state index contributed by atoms with van der Waals surface area (Å²) < 4.78 is 3.89. The first-order valence-electron chi connectivity index (χ1n) is 11.0. The van der Waals surface area contributed by atoms with Crippen LogP contribution < -0.4 is 10.6 Å². The van der Waals surface area contributed by atoms with Crippen LogP contribution in [0, 0.1) is 8.34 Å². The lowest BCUT2D eigenvalue weighted by Crippen LogP contribution is -2.26. The third-order valence-electron chi connectivity index (χ3n) is 5.72. The molecular weight excluding hydrogens is 587 g/mol. The summed E-state index contributed by atoms with van der Waals surface area (Å²) in [5.41, 5.74) is 1.74. The lowest BCUT2D eigenvalue weighted by Gasteiger charge is -2.17. The summed E-state index contributed by atoms with van der Waals surface area (Å²) in [5, 5.41) is 17.0. The standard InChI is InChI=1S/C27H19IN4O3S/c1-17-22(26(35)32(29-17)21-14-12-18(28)13-15-21)16-23-24(33)30(19-8-4-2-5-9-19)27(36)31(25(23)34)20-10-6-3-7-11-20/h2-16,33H,1H3/b22-16-. The topological polar surface area (TPSA) is 79.8 Å². The Morgan fingerprint density at radius 2 is 1.39 bits per heavy atom. The highest BCUT2D eigenvalue weighted by atomic mass is 127. The van der Waals surface area contributed by atoms with Gasteiger partial charge in [0.05, 0.1) is 28.3 Å². The van der Waals surface area contributed by atoms with E-state index in [-0.39, 0.29) is 21.8 Å². The molecule has 36 heavy (non-hydrogen) atoms. The second-order valence-corrected chi connectivity index (χ2v) is 9.61. The van der Waals surface area contributed by atoms with Crippen LogP contribution in [0.4, 0.5) is 5.69 Å². The number of aromatic hydroxyl groups is 1. The normalized spacial score (nSPS) is 14.4. The zero-order valence-electron chi connectivity index (χ0n) is 19.0. The van der Waals surface area contributed by atoms with Crippen molar-refractivity contribution in [2.75, 3.05) is 5.01 Å². The molecule has 1 amide bonds. The minimum atomic E-state index is -0.545. The number of nitrogens with zero attached hydrogens (tertiary/aromatic N) is 4. The van der Waals surface area contributed by atoms with Gasteiger partial charge < -0.3 is 5.11 Å². The van der Waals surface area contributed by atoms with E-state index in [0.29, 0.717) is 22.8 Å². The minimum Gasteiger partial charge on any atom is -0.494 e. The van der Waals surface area contributed by atoms with E-state index in [9.17, 15) is 14.7 Å². The third kappa shape index (κ3) is 4.20. The van der Waals surface area contributed by atoms with Gasteiger partial charge in [0.2, 0.25) is 5.88 Å². The quantitative estimate of drug-likeness (QED) is 0.190. The van der Waals surface area contributed by atoms with E-state index >= 15 is 0 Å². The Bertz CT molecular complexity index is 1660. The minimum absolute atomic E-state index is 0.0707. The van der Waals surface area contributed by atoms with Gasteiger partial charge in [0, 0.05) is 3.57 Å². The molecule has 1 N–H and O–H groups in total. The highest BCUT2D eigenvalue weighted by Gasteiger charge is 2.30. The Kier molecular flexibility index (Phi) is 6.42. The summed E-state index contributed by atoms with van der Waals surface area (Å²) >= 11 is 7.85. The van der Waals surface area contributed by atoms with Crippen molar-refractivity contribution >= 4 is 58.2 Å². The van der Waals surface area contributed by atoms with Crippen LogP contribution in [0.5, 0.6) is 5.88 Å². The molecule has 0 unspecified atom stereocenters. The SMILES string of the molecule is CC1=NN(c2ccc(I)cc2)C(=O)/C1=C\c1c(O)n(-c2ccccc2)c(=S)n(-c2ccccc2)c1=O. The average molecular weight is 606 g/mol. The van der Waals surface area contributed by atoms with Crippen LogP contribution in [-0.2, 0) is 4.79 Å². The van der Waals surface area contributed by atoms with Gasteiger partial charge in [0.1, 0.15) is 5.56 Å². The van der Waals surface area contributed by atoms with Crippen LogP contribution in [0.1, 0.15) is 12.5 Å². The van der Waals surface area contributed by atoms with E-state index in [2.05, 4.69) is 27.7 Å². The van der Waals surface area contributed by atoms with Crippen molar-refractivity contribution in [2.24, 2.45) is 5.10 Å². The molecule has 0 aliphatic carbocycles. The van der Waals surface area contributed by atoms with Crippen molar-refractivity contribution in [3.63, 3.8) is 0 Å². The predicted octanol–water partition coefficient (Wildman–Crippen LogP) is 5.47. The smallest absolute Gasteiger partial charge is 0.280 e. The second kappa shape index (κ2) is 9.67. The monoisotopic (exact) mass is 606 g/mol.